The molecular formula is C35H25N3. The Morgan fingerprint density at radius 2 is 0.816 bits per heavy atom. The van der Waals surface area contributed by atoms with Gasteiger partial charge in [0.05, 0.1) is 0 Å². The second-order valence-electron chi connectivity index (χ2n) is 8.97. The number of rotatable bonds is 6. The van der Waals surface area contributed by atoms with Gasteiger partial charge in [-0.15, -0.1) is 0 Å². The fourth-order valence-corrected chi connectivity index (χ4v) is 4.78. The average Bonchev–Trinajstić information content (AvgIpc) is 3.02. The van der Waals surface area contributed by atoms with Gasteiger partial charge in [-0.05, 0) is 50.6 Å². The monoisotopic (exact) mass is 487 g/mol. The van der Waals surface area contributed by atoms with Gasteiger partial charge in [0.1, 0.15) is 12.7 Å². The third kappa shape index (κ3) is 4.91. The van der Waals surface area contributed by atoms with E-state index in [4.69, 9.17) is 0 Å². The molecule has 0 saturated carbocycles. The molecule has 0 unspecified atom stereocenters. The quantitative estimate of drug-likeness (QED) is 0.222. The molecule has 1 heterocycles. The lowest BCUT2D eigenvalue weighted by molar-refractivity contribution is 1.06. The number of aromatic nitrogens is 3. The Labute approximate surface area is 222 Å². The van der Waals surface area contributed by atoms with E-state index in [0.717, 1.165) is 22.3 Å². The van der Waals surface area contributed by atoms with E-state index in [1.807, 2.05) is 0 Å². The maximum Gasteiger partial charge on any atom is 0.162 e. The van der Waals surface area contributed by atoms with E-state index in [-0.39, 0.29) is 0 Å². The molecule has 0 N–H and O–H groups in total. The van der Waals surface area contributed by atoms with Crippen molar-refractivity contribution in [2.45, 2.75) is 0 Å². The van der Waals surface area contributed by atoms with Crippen LogP contribution in [0.4, 0.5) is 0 Å². The van der Waals surface area contributed by atoms with Crippen LogP contribution in [0.2, 0.25) is 0 Å². The van der Waals surface area contributed by atoms with Crippen molar-refractivity contribution in [2.75, 3.05) is 0 Å². The highest BCUT2D eigenvalue weighted by Crippen LogP contribution is 2.38. The molecule has 3 heteroatoms. The molecule has 0 amide bonds. The summed E-state index contributed by atoms with van der Waals surface area (Å²) in [7, 11) is 0. The molecular weight excluding hydrogens is 462 g/mol. The van der Waals surface area contributed by atoms with Crippen molar-refractivity contribution >= 4 is 11.1 Å². The first-order chi connectivity index (χ1) is 18.9. The van der Waals surface area contributed by atoms with Gasteiger partial charge in [-0.2, -0.15) is 0 Å². The molecule has 0 saturated heterocycles. The molecule has 1 aromatic heterocycles. The fraction of sp³-hybridized carbons (Fsp3) is 0. The van der Waals surface area contributed by atoms with Gasteiger partial charge in [0, 0.05) is 5.56 Å². The maximum absolute atomic E-state index is 4.27. The Morgan fingerprint density at radius 1 is 0.368 bits per heavy atom. The van der Waals surface area contributed by atoms with Gasteiger partial charge in [-0.25, -0.2) is 15.0 Å². The van der Waals surface area contributed by atoms with Crippen LogP contribution in [0.1, 0.15) is 22.3 Å². The smallest absolute Gasteiger partial charge is 0.162 e. The van der Waals surface area contributed by atoms with Crippen LogP contribution >= 0.6 is 0 Å². The molecule has 0 radical (unpaired) electrons. The van der Waals surface area contributed by atoms with Crippen molar-refractivity contribution in [2.24, 2.45) is 0 Å². The normalized spacial score (nSPS) is 10.6. The van der Waals surface area contributed by atoms with Crippen LogP contribution in [0, 0.1) is 0 Å². The zero-order valence-electron chi connectivity index (χ0n) is 20.8. The number of benzene rings is 5. The lowest BCUT2D eigenvalue weighted by Crippen LogP contribution is -1.97. The minimum Gasteiger partial charge on any atom is -0.225 e. The summed E-state index contributed by atoms with van der Waals surface area (Å²) in [6, 6.07) is 49.1. The summed E-state index contributed by atoms with van der Waals surface area (Å²) in [5.41, 5.74) is 10.4. The summed E-state index contributed by atoms with van der Waals surface area (Å²) < 4.78 is 0. The fourth-order valence-electron chi connectivity index (χ4n) is 4.78. The van der Waals surface area contributed by atoms with Gasteiger partial charge in [-0.3, -0.25) is 0 Å². The Balaban J connectivity index is 1.53. The Kier molecular flexibility index (Phi) is 6.64. The summed E-state index contributed by atoms with van der Waals surface area (Å²) in [6.45, 7) is 0. The first kappa shape index (κ1) is 23.3. The highest BCUT2D eigenvalue weighted by molar-refractivity contribution is 6.04. The van der Waals surface area contributed by atoms with Crippen LogP contribution < -0.4 is 0 Å². The zero-order valence-corrected chi connectivity index (χ0v) is 20.8. The molecule has 0 aliphatic carbocycles. The Hall–Kier alpha value is -5.15. The highest BCUT2D eigenvalue weighted by atomic mass is 15.0. The van der Waals surface area contributed by atoms with Crippen LogP contribution in [0.25, 0.3) is 33.7 Å². The van der Waals surface area contributed by atoms with E-state index in [0.29, 0.717) is 5.82 Å². The van der Waals surface area contributed by atoms with Gasteiger partial charge in [0.25, 0.3) is 0 Å². The van der Waals surface area contributed by atoms with E-state index in [2.05, 4.69) is 154 Å². The summed E-state index contributed by atoms with van der Waals surface area (Å²) in [5.74, 6) is 0.671. The summed E-state index contributed by atoms with van der Waals surface area (Å²) >= 11 is 0. The van der Waals surface area contributed by atoms with Gasteiger partial charge in [-0.1, -0.05) is 133 Å². The second kappa shape index (κ2) is 10.9. The lowest BCUT2D eigenvalue weighted by atomic mass is 9.85. The molecule has 38 heavy (non-hydrogen) atoms. The lowest BCUT2D eigenvalue weighted by Gasteiger charge is -2.19. The summed E-state index contributed by atoms with van der Waals surface area (Å²) in [4.78, 5) is 12.5. The van der Waals surface area contributed by atoms with Gasteiger partial charge in [0.2, 0.25) is 0 Å². The van der Waals surface area contributed by atoms with E-state index in [9.17, 15) is 0 Å². The molecule has 3 nitrogen and oxygen atoms in total. The molecule has 0 bridgehead atoms. The molecule has 0 fully saturated rings. The first-order valence-electron chi connectivity index (χ1n) is 12.6. The predicted octanol–water partition coefficient (Wildman–Crippen LogP) is 8.21. The molecule has 0 aliphatic heterocycles. The van der Waals surface area contributed by atoms with Crippen LogP contribution in [0.15, 0.2) is 152 Å². The minimum atomic E-state index is 0.671. The molecule has 0 spiro atoms. The van der Waals surface area contributed by atoms with E-state index >= 15 is 0 Å². The topological polar surface area (TPSA) is 38.7 Å². The van der Waals surface area contributed by atoms with Crippen molar-refractivity contribution < 1.29 is 0 Å². The number of hydrogen-bond acceptors (Lipinski definition) is 3. The first-order valence-corrected chi connectivity index (χ1v) is 12.6. The standard InChI is InChI=1S/C35H25N3/c1-4-11-27(12-5-1)33(28-13-6-2-7-14-28)34(29-15-8-3-9-16-29)32-18-10-17-31(23-32)26-19-21-30(22-20-26)35-37-24-36-25-38-35/h1-25H. The average molecular weight is 488 g/mol. The van der Waals surface area contributed by atoms with Crippen LogP contribution in [0.5, 0.6) is 0 Å². The van der Waals surface area contributed by atoms with Crippen molar-refractivity contribution in [1.82, 2.24) is 15.0 Å². The molecule has 6 rings (SSSR count). The molecule has 180 valence electrons. The number of hydrogen-bond donors (Lipinski definition) is 0. The van der Waals surface area contributed by atoms with E-state index in [1.54, 1.807) is 0 Å². The maximum atomic E-state index is 4.27. The SMILES string of the molecule is c1ccc(C(=C(c2ccccc2)c2cccc(-c3ccc(-c4ncncn4)cc3)c2)c2ccccc2)cc1. The summed E-state index contributed by atoms with van der Waals surface area (Å²) in [6.07, 6.45) is 3.04. The minimum absolute atomic E-state index is 0.671. The largest absolute Gasteiger partial charge is 0.225 e. The molecule has 5 aromatic carbocycles. The highest BCUT2D eigenvalue weighted by Gasteiger charge is 2.16. The van der Waals surface area contributed by atoms with Crippen LogP contribution in [-0.2, 0) is 0 Å². The van der Waals surface area contributed by atoms with E-state index in [1.165, 1.54) is 40.5 Å². The van der Waals surface area contributed by atoms with Crippen LogP contribution in [-0.4, -0.2) is 15.0 Å². The van der Waals surface area contributed by atoms with Gasteiger partial charge < -0.3 is 0 Å². The third-order valence-corrected chi connectivity index (χ3v) is 6.56. The third-order valence-electron chi connectivity index (χ3n) is 6.56. The van der Waals surface area contributed by atoms with Crippen molar-refractivity contribution in [3.8, 4) is 22.5 Å². The Bertz CT molecular complexity index is 1620. The zero-order chi connectivity index (χ0) is 25.6. The van der Waals surface area contributed by atoms with Crippen molar-refractivity contribution in [3.05, 3.63) is 174 Å². The molecule has 0 atom stereocenters. The van der Waals surface area contributed by atoms with Crippen molar-refractivity contribution in [3.63, 3.8) is 0 Å². The predicted molar refractivity (Wildman–Crippen MR) is 155 cm³/mol. The Morgan fingerprint density at radius 3 is 1.34 bits per heavy atom. The molecule has 6 aromatic rings. The van der Waals surface area contributed by atoms with E-state index < -0.39 is 0 Å². The van der Waals surface area contributed by atoms with Crippen LogP contribution in [0.3, 0.4) is 0 Å². The van der Waals surface area contributed by atoms with Gasteiger partial charge in [0.15, 0.2) is 5.82 Å². The summed E-state index contributed by atoms with van der Waals surface area (Å²) in [5, 5.41) is 0. The van der Waals surface area contributed by atoms with Crippen molar-refractivity contribution in [1.29, 1.82) is 0 Å². The number of nitrogens with zero attached hydrogens (tertiary/aromatic N) is 3. The molecule has 0 aliphatic rings. The second-order valence-corrected chi connectivity index (χ2v) is 8.97. The van der Waals surface area contributed by atoms with Gasteiger partial charge >= 0.3 is 0 Å².